The van der Waals surface area contributed by atoms with E-state index >= 15 is 0 Å². The molecule has 0 radical (unpaired) electrons. The van der Waals surface area contributed by atoms with Gasteiger partial charge in [-0.3, -0.25) is 10.0 Å². The predicted molar refractivity (Wildman–Crippen MR) is 32.5 cm³/mol. The summed E-state index contributed by atoms with van der Waals surface area (Å²) in [5.41, 5.74) is 2.32. The maximum absolute atomic E-state index is 10.5. The minimum atomic E-state index is -0.649. The first-order valence-corrected chi connectivity index (χ1v) is 2.84. The topological polar surface area (TPSA) is 76.4 Å². The first kappa shape index (κ1) is 8.88. The number of nitrogens with one attached hydrogen (secondary N) is 1. The van der Waals surface area contributed by atoms with Gasteiger partial charge in [0.1, 0.15) is 6.42 Å². The van der Waals surface area contributed by atoms with Crippen LogP contribution in [0.3, 0.4) is 0 Å². The van der Waals surface area contributed by atoms with Gasteiger partial charge in [0.2, 0.25) is 0 Å². The SMILES string of the molecule is CCNN(O)C(=O)CC#N. The molecular formula is C5H9N3O2. The van der Waals surface area contributed by atoms with Crippen LogP contribution in [0.2, 0.25) is 0 Å². The minimum absolute atomic E-state index is 0.316. The zero-order chi connectivity index (χ0) is 7.98. The summed E-state index contributed by atoms with van der Waals surface area (Å²) in [5.74, 6) is -0.649. The van der Waals surface area contributed by atoms with Crippen LogP contribution < -0.4 is 5.43 Å². The van der Waals surface area contributed by atoms with Crippen LogP contribution >= 0.6 is 0 Å². The van der Waals surface area contributed by atoms with Gasteiger partial charge >= 0.3 is 0 Å². The van der Waals surface area contributed by atoms with Crippen LogP contribution in [0.15, 0.2) is 0 Å². The van der Waals surface area contributed by atoms with E-state index in [0.717, 1.165) is 0 Å². The second kappa shape index (κ2) is 4.73. The standard InChI is InChI=1S/C5H9N3O2/c1-2-7-8(10)5(9)3-4-6/h7,10H,2-3H2,1H3. The van der Waals surface area contributed by atoms with Gasteiger partial charge in [0.05, 0.1) is 6.07 Å². The number of hydrogen-bond donors (Lipinski definition) is 2. The summed E-state index contributed by atoms with van der Waals surface area (Å²) in [6.07, 6.45) is -0.316. The van der Waals surface area contributed by atoms with E-state index in [1.165, 1.54) is 0 Å². The number of nitrogens with zero attached hydrogens (tertiary/aromatic N) is 2. The molecule has 0 spiro atoms. The van der Waals surface area contributed by atoms with E-state index in [1.54, 1.807) is 13.0 Å². The average molecular weight is 143 g/mol. The van der Waals surface area contributed by atoms with E-state index < -0.39 is 5.91 Å². The second-order valence-corrected chi connectivity index (χ2v) is 1.55. The van der Waals surface area contributed by atoms with Crippen LogP contribution in [0.5, 0.6) is 0 Å². The monoisotopic (exact) mass is 143 g/mol. The molecule has 5 nitrogen and oxygen atoms in total. The molecule has 0 rings (SSSR count). The quantitative estimate of drug-likeness (QED) is 0.418. The van der Waals surface area contributed by atoms with Crippen LogP contribution in [-0.4, -0.2) is 22.8 Å². The molecule has 0 saturated heterocycles. The predicted octanol–water partition coefficient (Wildman–Crippen LogP) is -0.358. The summed E-state index contributed by atoms with van der Waals surface area (Å²) in [5, 5.41) is 17.0. The summed E-state index contributed by atoms with van der Waals surface area (Å²) in [4.78, 5) is 10.5. The van der Waals surface area contributed by atoms with Gasteiger partial charge < -0.3 is 0 Å². The average Bonchev–Trinajstić information content (AvgIpc) is 1.89. The Labute approximate surface area is 58.8 Å². The highest BCUT2D eigenvalue weighted by atomic mass is 16.6. The smallest absolute Gasteiger partial charge is 0.270 e. The summed E-state index contributed by atoms with van der Waals surface area (Å²) in [6.45, 7) is 2.16. The maximum atomic E-state index is 10.5. The first-order chi connectivity index (χ1) is 4.72. The van der Waals surface area contributed by atoms with Crippen molar-refractivity contribution in [3.63, 3.8) is 0 Å². The van der Waals surface area contributed by atoms with Crippen molar-refractivity contribution in [2.45, 2.75) is 13.3 Å². The lowest BCUT2D eigenvalue weighted by molar-refractivity contribution is -0.178. The van der Waals surface area contributed by atoms with Crippen molar-refractivity contribution in [1.29, 1.82) is 5.26 Å². The molecule has 56 valence electrons. The Balaban J connectivity index is 3.62. The Bertz CT molecular complexity index is 151. The Kier molecular flexibility index (Phi) is 4.20. The molecule has 0 aromatic rings. The summed E-state index contributed by atoms with van der Waals surface area (Å²) >= 11 is 0. The first-order valence-electron chi connectivity index (χ1n) is 2.84. The van der Waals surface area contributed by atoms with Crippen molar-refractivity contribution in [3.05, 3.63) is 0 Å². The van der Waals surface area contributed by atoms with Crippen LogP contribution in [0, 0.1) is 11.3 Å². The molecule has 10 heavy (non-hydrogen) atoms. The molecule has 1 amide bonds. The van der Waals surface area contributed by atoms with Gasteiger partial charge in [-0.2, -0.15) is 5.26 Å². The Morgan fingerprint density at radius 3 is 2.90 bits per heavy atom. The largest absolute Gasteiger partial charge is 0.275 e. The lowest BCUT2D eigenvalue weighted by Gasteiger charge is -2.11. The van der Waals surface area contributed by atoms with Crippen molar-refractivity contribution in [1.82, 2.24) is 10.6 Å². The fourth-order valence-corrected chi connectivity index (χ4v) is 0.380. The fraction of sp³-hybridized carbons (Fsp3) is 0.600. The number of rotatable bonds is 3. The van der Waals surface area contributed by atoms with Crippen molar-refractivity contribution in [2.75, 3.05) is 6.54 Å². The third-order valence-corrected chi connectivity index (χ3v) is 0.774. The molecule has 5 heteroatoms. The minimum Gasteiger partial charge on any atom is -0.270 e. The highest BCUT2D eigenvalue weighted by Crippen LogP contribution is 1.82. The van der Waals surface area contributed by atoms with Gasteiger partial charge in [-0.05, 0) is 0 Å². The van der Waals surface area contributed by atoms with E-state index in [-0.39, 0.29) is 6.42 Å². The number of nitriles is 1. The number of hydrazine groups is 1. The third kappa shape index (κ3) is 3.02. The van der Waals surface area contributed by atoms with Crippen LogP contribution in [0.25, 0.3) is 0 Å². The highest BCUT2D eigenvalue weighted by molar-refractivity contribution is 5.76. The Morgan fingerprint density at radius 1 is 1.90 bits per heavy atom. The summed E-state index contributed by atoms with van der Waals surface area (Å²) < 4.78 is 0. The van der Waals surface area contributed by atoms with E-state index in [9.17, 15) is 4.79 Å². The van der Waals surface area contributed by atoms with Crippen molar-refractivity contribution < 1.29 is 10.0 Å². The molecule has 0 unspecified atom stereocenters. The van der Waals surface area contributed by atoms with Crippen LogP contribution in [0.1, 0.15) is 13.3 Å². The number of carbonyl (C=O) groups excluding carboxylic acids is 1. The molecule has 0 aromatic carbocycles. The van der Waals surface area contributed by atoms with E-state index in [1.807, 2.05) is 0 Å². The van der Waals surface area contributed by atoms with Crippen molar-refractivity contribution >= 4 is 5.91 Å². The zero-order valence-electron chi connectivity index (χ0n) is 5.66. The van der Waals surface area contributed by atoms with Gasteiger partial charge in [0.25, 0.3) is 5.91 Å². The number of hydrogen-bond acceptors (Lipinski definition) is 4. The molecule has 0 aliphatic rings. The number of carbonyl (C=O) groups is 1. The van der Waals surface area contributed by atoms with Gasteiger partial charge in [-0.1, -0.05) is 6.92 Å². The Morgan fingerprint density at radius 2 is 2.50 bits per heavy atom. The molecule has 0 atom stereocenters. The number of hydroxylamine groups is 1. The van der Waals surface area contributed by atoms with Gasteiger partial charge in [0, 0.05) is 6.54 Å². The van der Waals surface area contributed by atoms with E-state index in [4.69, 9.17) is 10.5 Å². The Hall–Kier alpha value is -1.12. The third-order valence-electron chi connectivity index (χ3n) is 0.774. The molecular weight excluding hydrogens is 134 g/mol. The molecule has 0 bridgehead atoms. The van der Waals surface area contributed by atoms with Gasteiger partial charge in [-0.25, -0.2) is 5.43 Å². The maximum Gasteiger partial charge on any atom is 0.275 e. The molecule has 0 saturated carbocycles. The molecule has 0 fully saturated rings. The number of amides is 1. The molecule has 0 aliphatic carbocycles. The molecule has 0 heterocycles. The van der Waals surface area contributed by atoms with Crippen LogP contribution in [-0.2, 0) is 4.79 Å². The van der Waals surface area contributed by atoms with Gasteiger partial charge in [-0.15, -0.1) is 5.17 Å². The van der Waals surface area contributed by atoms with E-state index in [0.29, 0.717) is 11.7 Å². The van der Waals surface area contributed by atoms with E-state index in [2.05, 4.69) is 5.43 Å². The van der Waals surface area contributed by atoms with Crippen LogP contribution in [0.4, 0.5) is 0 Å². The molecule has 0 aromatic heterocycles. The summed E-state index contributed by atoms with van der Waals surface area (Å²) in [6, 6.07) is 1.62. The fourth-order valence-electron chi connectivity index (χ4n) is 0.380. The molecule has 2 N–H and O–H groups in total. The lowest BCUT2D eigenvalue weighted by Crippen LogP contribution is -2.39. The molecule has 0 aliphatic heterocycles. The highest BCUT2D eigenvalue weighted by Gasteiger charge is 2.06. The summed E-state index contributed by atoms with van der Waals surface area (Å²) in [7, 11) is 0. The normalized spacial score (nSPS) is 8.50. The zero-order valence-corrected chi connectivity index (χ0v) is 5.66. The lowest BCUT2D eigenvalue weighted by atomic mass is 10.4. The van der Waals surface area contributed by atoms with Crippen molar-refractivity contribution in [3.8, 4) is 6.07 Å². The van der Waals surface area contributed by atoms with Gasteiger partial charge in [0.15, 0.2) is 0 Å². The second-order valence-electron chi connectivity index (χ2n) is 1.55. The van der Waals surface area contributed by atoms with Crippen molar-refractivity contribution in [2.24, 2.45) is 0 Å².